The van der Waals surface area contributed by atoms with E-state index in [1.165, 1.54) is 0 Å². The van der Waals surface area contributed by atoms with Crippen molar-refractivity contribution in [3.8, 4) is 0 Å². The lowest BCUT2D eigenvalue weighted by atomic mass is 9.92. The number of nitrogens with zero attached hydrogens (tertiary/aromatic N) is 2. The molecule has 1 fully saturated rings. The normalized spacial score (nSPS) is 23.9. The van der Waals surface area contributed by atoms with Crippen molar-refractivity contribution in [3.05, 3.63) is 17.5 Å². The second-order valence-corrected chi connectivity index (χ2v) is 4.92. The maximum atomic E-state index is 12.2. The summed E-state index contributed by atoms with van der Waals surface area (Å²) in [4.78, 5) is 12.2. The molecule has 0 radical (unpaired) electrons. The van der Waals surface area contributed by atoms with Gasteiger partial charge in [-0.05, 0) is 32.8 Å². The summed E-state index contributed by atoms with van der Waals surface area (Å²) in [6.45, 7) is 4.50. The van der Waals surface area contributed by atoms with Crippen molar-refractivity contribution in [2.24, 2.45) is 0 Å². The fraction of sp³-hybridized carbons (Fsp3) is 0.692. The van der Waals surface area contributed by atoms with Gasteiger partial charge in [-0.3, -0.25) is 9.48 Å². The first-order valence-corrected chi connectivity index (χ1v) is 6.65. The molecular formula is C13H21N3O2. The number of aliphatic hydroxyl groups excluding tert-OH is 1. The SMILES string of the molecule is CCn1nc(C)cc1C(=O)NC1CCCCC1O. The second kappa shape index (κ2) is 5.52. The van der Waals surface area contributed by atoms with E-state index in [9.17, 15) is 9.90 Å². The molecule has 2 unspecified atom stereocenters. The van der Waals surface area contributed by atoms with Gasteiger partial charge in [0.1, 0.15) is 5.69 Å². The van der Waals surface area contributed by atoms with Crippen LogP contribution in [0.3, 0.4) is 0 Å². The summed E-state index contributed by atoms with van der Waals surface area (Å²) in [5, 5.41) is 17.0. The third-order valence-electron chi connectivity index (χ3n) is 3.48. The summed E-state index contributed by atoms with van der Waals surface area (Å²) < 4.78 is 1.69. The highest BCUT2D eigenvalue weighted by molar-refractivity contribution is 5.92. The fourth-order valence-electron chi connectivity index (χ4n) is 2.49. The largest absolute Gasteiger partial charge is 0.391 e. The molecule has 0 spiro atoms. The zero-order valence-corrected chi connectivity index (χ0v) is 11.0. The van der Waals surface area contributed by atoms with Crippen LogP contribution in [-0.4, -0.2) is 32.9 Å². The molecule has 1 aromatic rings. The number of hydrogen-bond acceptors (Lipinski definition) is 3. The molecule has 2 N–H and O–H groups in total. The van der Waals surface area contributed by atoms with Crippen molar-refractivity contribution in [2.45, 2.75) is 58.2 Å². The number of carbonyl (C=O) groups is 1. The van der Waals surface area contributed by atoms with Gasteiger partial charge in [0, 0.05) is 6.54 Å². The summed E-state index contributed by atoms with van der Waals surface area (Å²) >= 11 is 0. The first-order chi connectivity index (χ1) is 8.61. The number of aliphatic hydroxyl groups is 1. The minimum absolute atomic E-state index is 0.119. The van der Waals surface area contributed by atoms with Crippen LogP contribution < -0.4 is 5.32 Å². The molecule has 0 aliphatic heterocycles. The van der Waals surface area contributed by atoms with E-state index in [0.717, 1.165) is 31.4 Å². The van der Waals surface area contributed by atoms with E-state index in [4.69, 9.17) is 0 Å². The van der Waals surface area contributed by atoms with Crippen molar-refractivity contribution < 1.29 is 9.90 Å². The maximum absolute atomic E-state index is 12.2. The summed E-state index contributed by atoms with van der Waals surface area (Å²) in [5.41, 5.74) is 1.42. The number of amides is 1. The molecule has 1 aromatic heterocycles. The Morgan fingerprint density at radius 1 is 1.56 bits per heavy atom. The predicted molar refractivity (Wildman–Crippen MR) is 68.4 cm³/mol. The topological polar surface area (TPSA) is 67.2 Å². The van der Waals surface area contributed by atoms with Crippen LogP contribution in [0.1, 0.15) is 48.8 Å². The van der Waals surface area contributed by atoms with Gasteiger partial charge in [0.15, 0.2) is 0 Å². The van der Waals surface area contributed by atoms with Gasteiger partial charge in [-0.15, -0.1) is 0 Å². The smallest absolute Gasteiger partial charge is 0.269 e. The molecular weight excluding hydrogens is 230 g/mol. The highest BCUT2D eigenvalue weighted by Gasteiger charge is 2.25. The highest BCUT2D eigenvalue weighted by atomic mass is 16.3. The minimum atomic E-state index is -0.415. The molecule has 1 saturated carbocycles. The third-order valence-corrected chi connectivity index (χ3v) is 3.48. The number of nitrogens with one attached hydrogen (secondary N) is 1. The van der Waals surface area contributed by atoms with Gasteiger partial charge in [0.05, 0.1) is 17.8 Å². The van der Waals surface area contributed by atoms with Crippen molar-refractivity contribution in [3.63, 3.8) is 0 Å². The van der Waals surface area contributed by atoms with Crippen molar-refractivity contribution >= 4 is 5.91 Å². The summed E-state index contributed by atoms with van der Waals surface area (Å²) in [6, 6.07) is 1.67. The maximum Gasteiger partial charge on any atom is 0.269 e. The molecule has 0 saturated heterocycles. The minimum Gasteiger partial charge on any atom is -0.391 e. The van der Waals surface area contributed by atoms with Gasteiger partial charge in [0.25, 0.3) is 5.91 Å². The van der Waals surface area contributed by atoms with Crippen LogP contribution in [0, 0.1) is 6.92 Å². The number of rotatable bonds is 3. The van der Waals surface area contributed by atoms with E-state index in [0.29, 0.717) is 12.2 Å². The molecule has 100 valence electrons. The Morgan fingerprint density at radius 2 is 2.28 bits per heavy atom. The van der Waals surface area contributed by atoms with Crippen molar-refractivity contribution in [2.75, 3.05) is 0 Å². The van der Waals surface area contributed by atoms with Crippen LogP contribution in [0.25, 0.3) is 0 Å². The Balaban J connectivity index is 2.06. The van der Waals surface area contributed by atoms with Crippen LogP contribution in [0.4, 0.5) is 0 Å². The predicted octanol–water partition coefficient (Wildman–Crippen LogP) is 1.24. The lowest BCUT2D eigenvalue weighted by Crippen LogP contribution is -2.45. The van der Waals surface area contributed by atoms with Crippen LogP contribution in [-0.2, 0) is 6.54 Å². The molecule has 1 aliphatic carbocycles. The Hall–Kier alpha value is -1.36. The second-order valence-electron chi connectivity index (χ2n) is 4.92. The first-order valence-electron chi connectivity index (χ1n) is 6.65. The Bertz CT molecular complexity index is 428. The summed E-state index contributed by atoms with van der Waals surface area (Å²) in [6.07, 6.45) is 3.32. The molecule has 1 amide bonds. The molecule has 5 nitrogen and oxygen atoms in total. The Kier molecular flexibility index (Phi) is 4.01. The van der Waals surface area contributed by atoms with Crippen LogP contribution >= 0.6 is 0 Å². The highest BCUT2D eigenvalue weighted by Crippen LogP contribution is 2.18. The molecule has 18 heavy (non-hydrogen) atoms. The van der Waals surface area contributed by atoms with E-state index < -0.39 is 6.10 Å². The first kappa shape index (κ1) is 13.1. The van der Waals surface area contributed by atoms with Crippen LogP contribution in [0.2, 0.25) is 0 Å². The molecule has 1 aliphatic rings. The van der Waals surface area contributed by atoms with Crippen molar-refractivity contribution in [1.29, 1.82) is 0 Å². The van der Waals surface area contributed by atoms with Crippen LogP contribution in [0.5, 0.6) is 0 Å². The molecule has 2 rings (SSSR count). The van der Waals surface area contributed by atoms with Gasteiger partial charge < -0.3 is 10.4 Å². The van der Waals surface area contributed by atoms with Gasteiger partial charge >= 0.3 is 0 Å². The number of carbonyl (C=O) groups excluding carboxylic acids is 1. The monoisotopic (exact) mass is 251 g/mol. The van der Waals surface area contributed by atoms with Gasteiger partial charge in [-0.2, -0.15) is 5.10 Å². The van der Waals surface area contributed by atoms with E-state index in [1.807, 2.05) is 13.8 Å². The third kappa shape index (κ3) is 2.72. The van der Waals surface area contributed by atoms with E-state index >= 15 is 0 Å². The Morgan fingerprint density at radius 3 is 2.94 bits per heavy atom. The quantitative estimate of drug-likeness (QED) is 0.849. The van der Waals surface area contributed by atoms with E-state index in [-0.39, 0.29) is 11.9 Å². The lowest BCUT2D eigenvalue weighted by Gasteiger charge is -2.28. The van der Waals surface area contributed by atoms with E-state index in [1.54, 1.807) is 10.7 Å². The summed E-state index contributed by atoms with van der Waals surface area (Å²) in [5.74, 6) is -0.136. The standard InChI is InChI=1S/C13H21N3O2/c1-3-16-11(8-9(2)15-16)13(18)14-10-6-4-5-7-12(10)17/h8,10,12,17H,3-7H2,1-2H3,(H,14,18). The average Bonchev–Trinajstić information content (AvgIpc) is 2.73. The Labute approximate surface area is 107 Å². The van der Waals surface area contributed by atoms with Gasteiger partial charge in [0.2, 0.25) is 0 Å². The molecule has 1 heterocycles. The molecule has 2 atom stereocenters. The van der Waals surface area contributed by atoms with Gasteiger partial charge in [-0.25, -0.2) is 0 Å². The summed E-state index contributed by atoms with van der Waals surface area (Å²) in [7, 11) is 0. The molecule has 0 bridgehead atoms. The molecule has 5 heteroatoms. The number of aryl methyl sites for hydroxylation is 2. The molecule has 0 aromatic carbocycles. The fourth-order valence-corrected chi connectivity index (χ4v) is 2.49. The van der Waals surface area contributed by atoms with Crippen molar-refractivity contribution in [1.82, 2.24) is 15.1 Å². The van der Waals surface area contributed by atoms with E-state index in [2.05, 4.69) is 10.4 Å². The zero-order valence-electron chi connectivity index (χ0n) is 11.0. The average molecular weight is 251 g/mol. The van der Waals surface area contributed by atoms with Crippen LogP contribution in [0.15, 0.2) is 6.07 Å². The number of aromatic nitrogens is 2. The van der Waals surface area contributed by atoms with Gasteiger partial charge in [-0.1, -0.05) is 12.8 Å². The number of hydrogen-bond donors (Lipinski definition) is 2. The zero-order chi connectivity index (χ0) is 13.1. The lowest BCUT2D eigenvalue weighted by molar-refractivity contribution is 0.0710.